The predicted octanol–water partition coefficient (Wildman–Crippen LogP) is 4.19. The van der Waals surface area contributed by atoms with Gasteiger partial charge in [-0.05, 0) is 54.3 Å². The van der Waals surface area contributed by atoms with Gasteiger partial charge in [0.2, 0.25) is 0 Å². The first-order valence-corrected chi connectivity index (χ1v) is 6.92. The van der Waals surface area contributed by atoms with Gasteiger partial charge in [-0.2, -0.15) is 0 Å². The molecule has 0 aliphatic carbocycles. The van der Waals surface area contributed by atoms with E-state index in [0.29, 0.717) is 22.0 Å². The van der Waals surface area contributed by atoms with E-state index in [0.717, 1.165) is 11.1 Å². The Morgan fingerprint density at radius 3 is 2.50 bits per heavy atom. The first-order valence-electron chi connectivity index (χ1n) is 6.16. The van der Waals surface area contributed by atoms with E-state index in [9.17, 15) is 4.39 Å². The van der Waals surface area contributed by atoms with Crippen LogP contribution in [0.15, 0.2) is 36.4 Å². The van der Waals surface area contributed by atoms with E-state index in [1.54, 1.807) is 12.1 Å². The highest BCUT2D eigenvalue weighted by Crippen LogP contribution is 2.25. The van der Waals surface area contributed by atoms with Gasteiger partial charge in [-0.3, -0.25) is 11.3 Å². The lowest BCUT2D eigenvalue weighted by Gasteiger charge is -2.18. The summed E-state index contributed by atoms with van der Waals surface area (Å²) >= 11 is 11.8. The highest BCUT2D eigenvalue weighted by molar-refractivity contribution is 6.30. The number of nitrogens with two attached hydrogens (primary N) is 1. The van der Waals surface area contributed by atoms with Crippen molar-refractivity contribution >= 4 is 23.2 Å². The fourth-order valence-corrected chi connectivity index (χ4v) is 2.60. The van der Waals surface area contributed by atoms with Crippen molar-refractivity contribution in [1.29, 1.82) is 0 Å². The molecule has 0 aliphatic heterocycles. The number of hydrogen-bond donors (Lipinski definition) is 2. The monoisotopic (exact) mass is 312 g/mol. The van der Waals surface area contributed by atoms with Gasteiger partial charge in [0.1, 0.15) is 5.82 Å². The number of halogens is 3. The number of aryl methyl sites for hydroxylation is 1. The van der Waals surface area contributed by atoms with Crippen molar-refractivity contribution in [3.8, 4) is 0 Å². The fraction of sp³-hybridized carbons (Fsp3) is 0.200. The average Bonchev–Trinajstić information content (AvgIpc) is 2.36. The Morgan fingerprint density at radius 2 is 1.90 bits per heavy atom. The molecule has 0 aromatic heterocycles. The topological polar surface area (TPSA) is 38.0 Å². The highest BCUT2D eigenvalue weighted by atomic mass is 35.5. The van der Waals surface area contributed by atoms with Gasteiger partial charge in [-0.25, -0.2) is 4.39 Å². The van der Waals surface area contributed by atoms with Crippen molar-refractivity contribution in [2.75, 3.05) is 0 Å². The second-order valence-electron chi connectivity index (χ2n) is 4.72. The number of rotatable bonds is 4. The Morgan fingerprint density at radius 1 is 1.15 bits per heavy atom. The summed E-state index contributed by atoms with van der Waals surface area (Å²) in [6, 6.07) is 10.1. The standard InChI is InChI=1S/C15H15Cl2FN2/c1-9-4-11(6-13(17)5-9)15(20-19)7-10-2-3-12(16)8-14(10)18/h2-6,8,15,20H,7,19H2,1H3. The van der Waals surface area contributed by atoms with Crippen LogP contribution in [-0.2, 0) is 6.42 Å². The maximum atomic E-state index is 13.8. The molecule has 0 amide bonds. The molecule has 3 N–H and O–H groups in total. The first kappa shape index (κ1) is 15.3. The van der Waals surface area contributed by atoms with Crippen LogP contribution in [0.1, 0.15) is 22.7 Å². The fourth-order valence-electron chi connectivity index (χ4n) is 2.15. The number of benzene rings is 2. The van der Waals surface area contributed by atoms with Gasteiger partial charge in [0, 0.05) is 10.0 Å². The third-order valence-electron chi connectivity index (χ3n) is 3.11. The molecular weight excluding hydrogens is 298 g/mol. The maximum Gasteiger partial charge on any atom is 0.127 e. The van der Waals surface area contributed by atoms with E-state index in [2.05, 4.69) is 5.43 Å². The summed E-state index contributed by atoms with van der Waals surface area (Å²) in [5.41, 5.74) is 5.21. The van der Waals surface area contributed by atoms with Crippen LogP contribution < -0.4 is 11.3 Å². The van der Waals surface area contributed by atoms with Crippen LogP contribution in [-0.4, -0.2) is 0 Å². The van der Waals surface area contributed by atoms with E-state index >= 15 is 0 Å². The molecule has 2 nitrogen and oxygen atoms in total. The van der Waals surface area contributed by atoms with Crippen LogP contribution >= 0.6 is 23.2 Å². The summed E-state index contributed by atoms with van der Waals surface area (Å²) in [7, 11) is 0. The van der Waals surface area contributed by atoms with Crippen LogP contribution in [0.3, 0.4) is 0 Å². The third-order valence-corrected chi connectivity index (χ3v) is 3.56. The van der Waals surface area contributed by atoms with Crippen molar-refractivity contribution in [3.05, 3.63) is 69.0 Å². The lowest BCUT2D eigenvalue weighted by atomic mass is 9.98. The molecule has 0 saturated carbocycles. The summed E-state index contributed by atoms with van der Waals surface area (Å²) in [5, 5.41) is 1.01. The van der Waals surface area contributed by atoms with Crippen molar-refractivity contribution in [2.45, 2.75) is 19.4 Å². The van der Waals surface area contributed by atoms with Gasteiger partial charge in [-0.15, -0.1) is 0 Å². The van der Waals surface area contributed by atoms with Crippen LogP contribution in [0.25, 0.3) is 0 Å². The van der Waals surface area contributed by atoms with Gasteiger partial charge in [0.25, 0.3) is 0 Å². The van der Waals surface area contributed by atoms with Gasteiger partial charge >= 0.3 is 0 Å². The summed E-state index contributed by atoms with van der Waals surface area (Å²) in [6.45, 7) is 1.95. The predicted molar refractivity (Wildman–Crippen MR) is 81.4 cm³/mol. The van der Waals surface area contributed by atoms with Crippen molar-refractivity contribution in [2.24, 2.45) is 5.84 Å². The molecule has 0 heterocycles. The van der Waals surface area contributed by atoms with Crippen LogP contribution in [0.4, 0.5) is 4.39 Å². The Balaban J connectivity index is 2.28. The molecule has 2 aromatic carbocycles. The van der Waals surface area contributed by atoms with Gasteiger partial charge in [0.05, 0.1) is 6.04 Å². The summed E-state index contributed by atoms with van der Waals surface area (Å²) in [6.07, 6.45) is 0.416. The quantitative estimate of drug-likeness (QED) is 0.656. The molecule has 0 radical (unpaired) electrons. The molecule has 0 fully saturated rings. The minimum absolute atomic E-state index is 0.219. The molecule has 2 rings (SSSR count). The Labute approximate surface area is 127 Å². The minimum Gasteiger partial charge on any atom is -0.271 e. The van der Waals surface area contributed by atoms with Crippen molar-refractivity contribution in [3.63, 3.8) is 0 Å². The van der Waals surface area contributed by atoms with E-state index in [1.165, 1.54) is 6.07 Å². The zero-order valence-electron chi connectivity index (χ0n) is 11.0. The minimum atomic E-state index is -0.337. The lowest BCUT2D eigenvalue weighted by molar-refractivity contribution is 0.529. The average molecular weight is 313 g/mol. The molecule has 106 valence electrons. The Hall–Kier alpha value is -1.13. The second kappa shape index (κ2) is 6.55. The molecule has 0 bridgehead atoms. The highest BCUT2D eigenvalue weighted by Gasteiger charge is 2.14. The van der Waals surface area contributed by atoms with E-state index in [1.807, 2.05) is 25.1 Å². The Bertz CT molecular complexity index is 597. The summed E-state index contributed by atoms with van der Waals surface area (Å²) < 4.78 is 13.8. The van der Waals surface area contributed by atoms with E-state index in [-0.39, 0.29) is 11.9 Å². The van der Waals surface area contributed by atoms with Crippen LogP contribution in [0.5, 0.6) is 0 Å². The lowest BCUT2D eigenvalue weighted by Crippen LogP contribution is -2.29. The van der Waals surface area contributed by atoms with Gasteiger partial charge < -0.3 is 0 Å². The van der Waals surface area contributed by atoms with Gasteiger partial charge in [0.15, 0.2) is 0 Å². The van der Waals surface area contributed by atoms with Crippen molar-refractivity contribution in [1.82, 2.24) is 5.43 Å². The first-order chi connectivity index (χ1) is 9.49. The molecule has 0 saturated heterocycles. The number of nitrogens with one attached hydrogen (secondary N) is 1. The van der Waals surface area contributed by atoms with E-state index in [4.69, 9.17) is 29.0 Å². The number of hydrogen-bond acceptors (Lipinski definition) is 2. The molecule has 0 spiro atoms. The Kier molecular flexibility index (Phi) is 5.00. The zero-order valence-corrected chi connectivity index (χ0v) is 12.5. The largest absolute Gasteiger partial charge is 0.271 e. The van der Waals surface area contributed by atoms with E-state index < -0.39 is 0 Å². The zero-order chi connectivity index (χ0) is 14.7. The second-order valence-corrected chi connectivity index (χ2v) is 5.59. The third kappa shape index (κ3) is 3.70. The molecule has 1 unspecified atom stereocenters. The number of hydrazine groups is 1. The molecule has 2 aromatic rings. The summed E-state index contributed by atoms with van der Waals surface area (Å²) in [4.78, 5) is 0. The SMILES string of the molecule is Cc1cc(Cl)cc(C(Cc2ccc(Cl)cc2F)NN)c1. The molecule has 1 atom stereocenters. The summed E-state index contributed by atoms with van der Waals surface area (Å²) in [5.74, 6) is 5.25. The van der Waals surface area contributed by atoms with Crippen molar-refractivity contribution < 1.29 is 4.39 Å². The van der Waals surface area contributed by atoms with Gasteiger partial charge in [-0.1, -0.05) is 35.3 Å². The van der Waals surface area contributed by atoms with Crippen LogP contribution in [0, 0.1) is 12.7 Å². The molecule has 5 heteroatoms. The molecular formula is C15H15Cl2FN2. The smallest absolute Gasteiger partial charge is 0.127 e. The molecule has 20 heavy (non-hydrogen) atoms. The maximum absolute atomic E-state index is 13.8. The van der Waals surface area contributed by atoms with Crippen LogP contribution in [0.2, 0.25) is 10.0 Å². The normalized spacial score (nSPS) is 12.4. The molecule has 0 aliphatic rings.